The van der Waals surface area contributed by atoms with Gasteiger partial charge in [-0.05, 0) is 7.05 Å². The number of rotatable bonds is 3. The van der Waals surface area contributed by atoms with Gasteiger partial charge in [0.05, 0.1) is 33.0 Å². The smallest absolute Gasteiger partial charge is 0.283 e. The van der Waals surface area contributed by atoms with Crippen LogP contribution in [0.5, 0.6) is 0 Å². The average Bonchev–Trinajstić information content (AvgIpc) is 2.30. The number of hydrogen-bond acceptors (Lipinski definition) is 7. The molecule has 1 rings (SSSR count). The molecule has 0 aliphatic carbocycles. The molecule has 0 aliphatic heterocycles. The summed E-state index contributed by atoms with van der Waals surface area (Å²) >= 11 is 0. The summed E-state index contributed by atoms with van der Waals surface area (Å²) in [4.78, 5) is 28.1. The minimum absolute atomic E-state index is 0.660. The van der Waals surface area contributed by atoms with Gasteiger partial charge in [-0.1, -0.05) is 0 Å². The zero-order chi connectivity index (χ0) is 13.6. The quantitative estimate of drug-likeness (QED) is 0.613. The second kappa shape index (κ2) is 6.07. The van der Waals surface area contributed by atoms with E-state index in [0.717, 1.165) is 0 Å². The summed E-state index contributed by atoms with van der Waals surface area (Å²) in [6, 6.07) is 1.98. The van der Waals surface area contributed by atoms with Gasteiger partial charge in [-0.3, -0.25) is 30.3 Å². The van der Waals surface area contributed by atoms with E-state index >= 15 is 0 Å². The van der Waals surface area contributed by atoms with Crippen molar-refractivity contribution in [3.63, 3.8) is 0 Å². The van der Waals surface area contributed by atoms with Gasteiger partial charge in [0, 0.05) is 0 Å². The normalized spacial score (nSPS) is 8.82. The van der Waals surface area contributed by atoms with Crippen LogP contribution in [0.2, 0.25) is 0 Å². The monoisotopic (exact) mass is 244 g/mol. The number of nitro benzene ring substituents is 3. The maximum atomic E-state index is 10.3. The number of hydrogen-bond donors (Lipinski definition) is 1. The van der Waals surface area contributed by atoms with E-state index in [0.29, 0.717) is 18.2 Å². The first-order valence-corrected chi connectivity index (χ1v) is 4.08. The average molecular weight is 244 g/mol. The second-order valence-corrected chi connectivity index (χ2v) is 2.48. The standard InChI is InChI=1S/C6H3N3O6.CH5N/c10-7(11)4-1-5(8(12)13)3-6(2-4)9(14)15;1-2/h1-3H;2H2,1H3. The lowest BCUT2D eigenvalue weighted by Crippen LogP contribution is -1.96. The van der Waals surface area contributed by atoms with Crippen molar-refractivity contribution in [1.29, 1.82) is 0 Å². The maximum Gasteiger partial charge on any atom is 0.283 e. The van der Waals surface area contributed by atoms with Crippen LogP contribution < -0.4 is 5.73 Å². The molecule has 0 saturated heterocycles. The van der Waals surface area contributed by atoms with Crippen molar-refractivity contribution in [2.45, 2.75) is 0 Å². The summed E-state index contributed by atoms with van der Waals surface area (Å²) in [6.07, 6.45) is 0. The molecule has 0 atom stereocenters. The predicted octanol–water partition coefficient (Wildman–Crippen LogP) is 0.986. The zero-order valence-corrected chi connectivity index (χ0v) is 8.60. The molecule has 0 aromatic heterocycles. The Morgan fingerprint density at radius 2 is 0.941 bits per heavy atom. The zero-order valence-electron chi connectivity index (χ0n) is 8.60. The van der Waals surface area contributed by atoms with Gasteiger partial charge in [-0.25, -0.2) is 0 Å². The van der Waals surface area contributed by atoms with Crippen molar-refractivity contribution in [2.24, 2.45) is 5.73 Å². The van der Waals surface area contributed by atoms with Crippen molar-refractivity contribution in [2.75, 3.05) is 7.05 Å². The van der Waals surface area contributed by atoms with E-state index in [9.17, 15) is 30.3 Å². The van der Waals surface area contributed by atoms with E-state index in [1.807, 2.05) is 0 Å². The van der Waals surface area contributed by atoms with Gasteiger partial charge in [0.15, 0.2) is 0 Å². The molecule has 92 valence electrons. The van der Waals surface area contributed by atoms with Crippen molar-refractivity contribution >= 4 is 17.1 Å². The van der Waals surface area contributed by atoms with Crippen LogP contribution in [0.1, 0.15) is 0 Å². The largest absolute Gasteiger partial charge is 0.333 e. The Hall–Kier alpha value is -2.62. The lowest BCUT2D eigenvalue weighted by Gasteiger charge is -1.93. The third-order valence-electron chi connectivity index (χ3n) is 1.52. The molecule has 10 nitrogen and oxygen atoms in total. The van der Waals surface area contributed by atoms with Gasteiger partial charge >= 0.3 is 0 Å². The highest BCUT2D eigenvalue weighted by Gasteiger charge is 2.21. The van der Waals surface area contributed by atoms with Crippen LogP contribution in [0.4, 0.5) is 17.1 Å². The number of nitro groups is 3. The van der Waals surface area contributed by atoms with Crippen LogP contribution >= 0.6 is 0 Å². The minimum Gasteiger partial charge on any atom is -0.333 e. The molecule has 17 heavy (non-hydrogen) atoms. The molecule has 0 unspecified atom stereocenters. The highest BCUT2D eigenvalue weighted by molar-refractivity contribution is 5.52. The Kier molecular flexibility index (Phi) is 5.13. The van der Waals surface area contributed by atoms with E-state index in [1.54, 1.807) is 0 Å². The van der Waals surface area contributed by atoms with Crippen LogP contribution in [0, 0.1) is 30.3 Å². The molecular weight excluding hydrogens is 236 g/mol. The summed E-state index contributed by atoms with van der Waals surface area (Å²) in [7, 11) is 1.50. The minimum atomic E-state index is -0.931. The van der Waals surface area contributed by atoms with Crippen LogP contribution in [0.3, 0.4) is 0 Å². The third kappa shape index (κ3) is 3.79. The predicted molar refractivity (Wildman–Crippen MR) is 56.5 cm³/mol. The number of nitrogens with zero attached hydrogens (tertiary/aromatic N) is 3. The molecule has 0 bridgehead atoms. The van der Waals surface area contributed by atoms with E-state index < -0.39 is 31.8 Å². The van der Waals surface area contributed by atoms with Crippen LogP contribution in [0.15, 0.2) is 18.2 Å². The second-order valence-electron chi connectivity index (χ2n) is 2.48. The van der Waals surface area contributed by atoms with E-state index in [4.69, 9.17) is 0 Å². The molecule has 1 aromatic rings. The highest BCUT2D eigenvalue weighted by atomic mass is 16.6. The van der Waals surface area contributed by atoms with Gasteiger partial charge in [0.25, 0.3) is 17.1 Å². The van der Waals surface area contributed by atoms with E-state index in [-0.39, 0.29) is 0 Å². The van der Waals surface area contributed by atoms with E-state index in [2.05, 4.69) is 5.73 Å². The van der Waals surface area contributed by atoms with Crippen molar-refractivity contribution in [3.8, 4) is 0 Å². The molecule has 0 aliphatic rings. The first kappa shape index (κ1) is 14.4. The Labute approximate surface area is 94.1 Å². The Morgan fingerprint density at radius 3 is 1.06 bits per heavy atom. The first-order chi connectivity index (χ1) is 7.91. The Balaban J connectivity index is 0.00000121. The van der Waals surface area contributed by atoms with Crippen LogP contribution in [-0.4, -0.2) is 21.8 Å². The van der Waals surface area contributed by atoms with Crippen molar-refractivity contribution in [3.05, 3.63) is 48.5 Å². The number of nitrogens with two attached hydrogens (primary N) is 1. The van der Waals surface area contributed by atoms with Gasteiger partial charge in [-0.15, -0.1) is 0 Å². The molecule has 0 amide bonds. The summed E-state index contributed by atoms with van der Waals surface area (Å²) in [5, 5.41) is 30.9. The Bertz CT molecular complexity index is 381. The van der Waals surface area contributed by atoms with Crippen molar-refractivity contribution in [1.82, 2.24) is 0 Å². The number of benzene rings is 1. The summed E-state index contributed by atoms with van der Waals surface area (Å²) in [5.41, 5.74) is 2.45. The van der Waals surface area contributed by atoms with Gasteiger partial charge < -0.3 is 5.73 Å². The van der Waals surface area contributed by atoms with E-state index in [1.165, 1.54) is 7.05 Å². The van der Waals surface area contributed by atoms with Gasteiger partial charge in [-0.2, -0.15) is 0 Å². The lowest BCUT2D eigenvalue weighted by atomic mass is 10.2. The molecule has 0 radical (unpaired) electrons. The molecule has 0 saturated carbocycles. The topological polar surface area (TPSA) is 155 Å². The van der Waals surface area contributed by atoms with Crippen LogP contribution in [0.25, 0.3) is 0 Å². The SMILES string of the molecule is CN.O=[N+]([O-])c1cc([N+](=O)[O-])cc([N+](=O)[O-])c1. The fraction of sp³-hybridized carbons (Fsp3) is 0.143. The van der Waals surface area contributed by atoms with Gasteiger partial charge in [0.2, 0.25) is 0 Å². The Morgan fingerprint density at radius 1 is 0.765 bits per heavy atom. The fourth-order valence-corrected chi connectivity index (χ4v) is 0.896. The number of non-ortho nitro benzene ring substituents is 3. The maximum absolute atomic E-state index is 10.3. The molecule has 0 spiro atoms. The third-order valence-corrected chi connectivity index (χ3v) is 1.52. The molecule has 2 N–H and O–H groups in total. The molecule has 0 heterocycles. The summed E-state index contributed by atoms with van der Waals surface area (Å²) in [5.74, 6) is 0. The van der Waals surface area contributed by atoms with Crippen molar-refractivity contribution < 1.29 is 14.8 Å². The summed E-state index contributed by atoms with van der Waals surface area (Å²) in [6.45, 7) is 0. The lowest BCUT2D eigenvalue weighted by molar-refractivity contribution is -0.403. The van der Waals surface area contributed by atoms with Crippen LogP contribution in [-0.2, 0) is 0 Å². The van der Waals surface area contributed by atoms with Gasteiger partial charge in [0.1, 0.15) is 0 Å². The summed E-state index contributed by atoms with van der Waals surface area (Å²) < 4.78 is 0. The molecule has 0 fully saturated rings. The highest BCUT2D eigenvalue weighted by Crippen LogP contribution is 2.26. The molecule has 10 heteroatoms. The first-order valence-electron chi connectivity index (χ1n) is 4.08. The molecular formula is C7H8N4O6. The molecule has 1 aromatic carbocycles. The fourth-order valence-electron chi connectivity index (χ4n) is 0.896.